The first kappa shape index (κ1) is 13.5. The number of nitrogens with two attached hydrogens (primary N) is 1. The van der Waals surface area contributed by atoms with Crippen molar-refractivity contribution in [3.05, 3.63) is 69.2 Å². The average molecular weight is 290 g/mol. The summed E-state index contributed by atoms with van der Waals surface area (Å²) in [7, 11) is 0. The monoisotopic (exact) mass is 290 g/mol. The molecule has 0 aliphatic rings. The van der Waals surface area contributed by atoms with Gasteiger partial charge in [0, 0.05) is 11.6 Å². The summed E-state index contributed by atoms with van der Waals surface area (Å²) in [4.78, 5) is 13.6. The number of fused-ring (bicyclic) bond motifs is 1. The fourth-order valence-electron chi connectivity index (χ4n) is 2.25. The summed E-state index contributed by atoms with van der Waals surface area (Å²) in [5, 5.41) is 0. The van der Waals surface area contributed by atoms with Crippen molar-refractivity contribution in [2.75, 3.05) is 0 Å². The Morgan fingerprint density at radius 2 is 1.95 bits per heavy atom. The van der Waals surface area contributed by atoms with Gasteiger partial charge in [0.2, 0.25) is 0 Å². The summed E-state index contributed by atoms with van der Waals surface area (Å²) in [5.41, 5.74) is 7.98. The minimum Gasteiger partial charge on any atom is -0.408 e. The third-order valence-electron chi connectivity index (χ3n) is 3.42. The van der Waals surface area contributed by atoms with Crippen LogP contribution in [0.4, 0.5) is 8.78 Å². The van der Waals surface area contributed by atoms with Crippen LogP contribution in [-0.2, 0) is 0 Å². The van der Waals surface area contributed by atoms with E-state index in [0.29, 0.717) is 22.2 Å². The van der Waals surface area contributed by atoms with Crippen molar-refractivity contribution in [2.45, 2.75) is 13.0 Å². The lowest BCUT2D eigenvalue weighted by Crippen LogP contribution is -2.14. The number of H-pyrrole nitrogens is 1. The molecule has 1 aromatic heterocycles. The number of aryl methyl sites for hydroxylation is 1. The van der Waals surface area contributed by atoms with E-state index in [1.54, 1.807) is 25.1 Å². The molecule has 0 saturated carbocycles. The lowest BCUT2D eigenvalue weighted by atomic mass is 9.97. The van der Waals surface area contributed by atoms with Crippen LogP contribution in [0.5, 0.6) is 0 Å². The van der Waals surface area contributed by atoms with Gasteiger partial charge in [-0.05, 0) is 36.2 Å². The normalized spacial score (nSPS) is 12.8. The molecular formula is C15H12F2N2O2. The highest BCUT2D eigenvalue weighted by molar-refractivity contribution is 5.73. The fourth-order valence-corrected chi connectivity index (χ4v) is 2.25. The largest absolute Gasteiger partial charge is 0.417 e. The van der Waals surface area contributed by atoms with Crippen LogP contribution in [0.3, 0.4) is 0 Å². The van der Waals surface area contributed by atoms with Crippen molar-refractivity contribution in [2.24, 2.45) is 5.73 Å². The summed E-state index contributed by atoms with van der Waals surface area (Å²) in [6.45, 7) is 1.54. The van der Waals surface area contributed by atoms with Crippen LogP contribution >= 0.6 is 0 Å². The van der Waals surface area contributed by atoms with E-state index in [4.69, 9.17) is 10.2 Å². The summed E-state index contributed by atoms with van der Waals surface area (Å²) in [6.07, 6.45) is 0. The lowest BCUT2D eigenvalue weighted by molar-refractivity contribution is 0.553. The summed E-state index contributed by atoms with van der Waals surface area (Å²) in [6, 6.07) is 6.27. The molecule has 0 fully saturated rings. The Morgan fingerprint density at radius 3 is 2.71 bits per heavy atom. The maximum absolute atomic E-state index is 13.9. The van der Waals surface area contributed by atoms with Gasteiger partial charge in [-0.2, -0.15) is 0 Å². The van der Waals surface area contributed by atoms with E-state index in [-0.39, 0.29) is 5.56 Å². The van der Waals surface area contributed by atoms with Gasteiger partial charge in [-0.15, -0.1) is 0 Å². The van der Waals surface area contributed by atoms with Gasteiger partial charge in [-0.3, -0.25) is 4.98 Å². The van der Waals surface area contributed by atoms with Gasteiger partial charge < -0.3 is 10.2 Å². The van der Waals surface area contributed by atoms with Crippen LogP contribution in [0.25, 0.3) is 11.1 Å². The van der Waals surface area contributed by atoms with Crippen LogP contribution in [0.1, 0.15) is 22.7 Å². The zero-order valence-corrected chi connectivity index (χ0v) is 11.1. The van der Waals surface area contributed by atoms with Crippen LogP contribution in [0.2, 0.25) is 0 Å². The number of oxazole rings is 1. The molecule has 21 heavy (non-hydrogen) atoms. The molecule has 108 valence electrons. The van der Waals surface area contributed by atoms with Gasteiger partial charge in [-0.25, -0.2) is 13.6 Å². The second kappa shape index (κ2) is 4.82. The summed E-state index contributed by atoms with van der Waals surface area (Å²) < 4.78 is 32.1. The van der Waals surface area contributed by atoms with E-state index in [1.165, 1.54) is 6.07 Å². The quantitative estimate of drug-likeness (QED) is 0.762. The number of nitrogens with one attached hydrogen (secondary N) is 1. The van der Waals surface area contributed by atoms with Gasteiger partial charge in [0.25, 0.3) is 0 Å². The number of hydrogen-bond donors (Lipinski definition) is 2. The molecule has 0 radical (unpaired) electrons. The van der Waals surface area contributed by atoms with Crippen LogP contribution in [0, 0.1) is 18.6 Å². The van der Waals surface area contributed by atoms with E-state index >= 15 is 0 Å². The predicted octanol–water partition coefficient (Wildman–Crippen LogP) is 2.76. The Kier molecular flexibility index (Phi) is 3.10. The van der Waals surface area contributed by atoms with Gasteiger partial charge in [0.15, 0.2) is 5.58 Å². The third-order valence-corrected chi connectivity index (χ3v) is 3.42. The minimum absolute atomic E-state index is 0.186. The smallest absolute Gasteiger partial charge is 0.408 e. The Morgan fingerprint density at radius 1 is 1.19 bits per heavy atom. The zero-order chi connectivity index (χ0) is 15.1. The van der Waals surface area contributed by atoms with Crippen molar-refractivity contribution in [1.29, 1.82) is 0 Å². The van der Waals surface area contributed by atoms with Crippen molar-refractivity contribution in [3.8, 4) is 0 Å². The molecule has 0 aliphatic heterocycles. The van der Waals surface area contributed by atoms with Crippen molar-refractivity contribution >= 4 is 11.1 Å². The van der Waals surface area contributed by atoms with E-state index in [2.05, 4.69) is 4.98 Å². The number of halogens is 2. The molecule has 6 heteroatoms. The van der Waals surface area contributed by atoms with Crippen molar-refractivity contribution in [1.82, 2.24) is 4.98 Å². The minimum atomic E-state index is -0.783. The molecule has 0 spiro atoms. The molecule has 3 aromatic rings. The number of aromatic nitrogens is 1. The molecule has 1 unspecified atom stereocenters. The highest BCUT2D eigenvalue weighted by Gasteiger charge is 2.17. The Hall–Kier alpha value is -2.47. The topological polar surface area (TPSA) is 72.0 Å². The molecule has 2 aromatic carbocycles. The van der Waals surface area contributed by atoms with E-state index in [0.717, 1.165) is 6.07 Å². The van der Waals surface area contributed by atoms with Crippen LogP contribution < -0.4 is 11.5 Å². The van der Waals surface area contributed by atoms with Gasteiger partial charge in [-0.1, -0.05) is 6.07 Å². The standard InChI is InChI=1S/C15H12F2N2O2/c1-7-4-9(11(17)6-10(7)16)14(18)8-2-3-12-13(5-8)21-15(20)19-12/h2-6,14H,18H2,1H3,(H,19,20). The first-order valence-electron chi connectivity index (χ1n) is 6.29. The molecule has 0 bridgehead atoms. The number of hydrogen-bond acceptors (Lipinski definition) is 3. The van der Waals surface area contributed by atoms with Crippen LogP contribution in [-0.4, -0.2) is 4.98 Å². The second-order valence-electron chi connectivity index (χ2n) is 4.87. The lowest BCUT2D eigenvalue weighted by Gasteiger charge is -2.14. The van der Waals surface area contributed by atoms with E-state index in [9.17, 15) is 13.6 Å². The van der Waals surface area contributed by atoms with Crippen molar-refractivity contribution in [3.63, 3.8) is 0 Å². The molecule has 1 atom stereocenters. The molecule has 3 N–H and O–H groups in total. The fraction of sp³-hybridized carbons (Fsp3) is 0.133. The third kappa shape index (κ3) is 2.34. The Balaban J connectivity index is 2.09. The first-order chi connectivity index (χ1) is 9.95. The molecular weight excluding hydrogens is 278 g/mol. The summed E-state index contributed by atoms with van der Waals surface area (Å²) in [5.74, 6) is -1.89. The van der Waals surface area contributed by atoms with E-state index in [1.807, 2.05) is 0 Å². The zero-order valence-electron chi connectivity index (χ0n) is 11.1. The molecule has 0 amide bonds. The molecule has 3 rings (SSSR count). The van der Waals surface area contributed by atoms with Gasteiger partial charge >= 0.3 is 5.76 Å². The Labute approximate surface area is 118 Å². The Bertz CT molecular complexity index is 883. The second-order valence-corrected chi connectivity index (χ2v) is 4.87. The number of benzene rings is 2. The maximum Gasteiger partial charge on any atom is 0.417 e. The molecule has 0 saturated heterocycles. The molecule has 1 heterocycles. The molecule has 4 nitrogen and oxygen atoms in total. The first-order valence-corrected chi connectivity index (χ1v) is 6.29. The van der Waals surface area contributed by atoms with Gasteiger partial charge in [0.05, 0.1) is 11.6 Å². The summed E-state index contributed by atoms with van der Waals surface area (Å²) >= 11 is 0. The highest BCUT2D eigenvalue weighted by Crippen LogP contribution is 2.26. The van der Waals surface area contributed by atoms with Crippen molar-refractivity contribution < 1.29 is 13.2 Å². The highest BCUT2D eigenvalue weighted by atomic mass is 19.1. The predicted molar refractivity (Wildman–Crippen MR) is 74.0 cm³/mol. The van der Waals surface area contributed by atoms with E-state index < -0.39 is 23.4 Å². The maximum atomic E-state index is 13.9. The SMILES string of the molecule is Cc1cc(C(N)c2ccc3[nH]c(=O)oc3c2)c(F)cc1F. The number of rotatable bonds is 2. The average Bonchev–Trinajstić information content (AvgIpc) is 2.81. The van der Waals surface area contributed by atoms with Gasteiger partial charge in [0.1, 0.15) is 11.6 Å². The number of aromatic amines is 1. The van der Waals surface area contributed by atoms with Crippen LogP contribution in [0.15, 0.2) is 39.5 Å². The molecule has 0 aliphatic carbocycles.